The van der Waals surface area contributed by atoms with Gasteiger partial charge in [0, 0.05) is 29.4 Å². The maximum atomic E-state index is 14.2. The Bertz CT molecular complexity index is 1470. The van der Waals surface area contributed by atoms with E-state index in [0.29, 0.717) is 23.3 Å². The largest absolute Gasteiger partial charge is 0.325 e. The fourth-order valence-corrected chi connectivity index (χ4v) is 4.17. The zero-order chi connectivity index (χ0) is 22.2. The fraction of sp³-hybridized carbons (Fsp3) is 0.167. The van der Waals surface area contributed by atoms with Crippen LogP contribution in [-0.2, 0) is 6.42 Å². The van der Waals surface area contributed by atoms with Gasteiger partial charge in [0.25, 0.3) is 0 Å². The lowest BCUT2D eigenvalue weighted by molar-refractivity contribution is 0.629. The van der Waals surface area contributed by atoms with Gasteiger partial charge < -0.3 is 4.90 Å². The number of hydrogen-bond acceptors (Lipinski definition) is 5. The quantitative estimate of drug-likeness (QED) is 0.246. The third kappa shape index (κ3) is 3.34. The number of H-pyrrole nitrogens is 1. The van der Waals surface area contributed by atoms with Crippen molar-refractivity contribution < 1.29 is 4.39 Å². The van der Waals surface area contributed by atoms with Crippen LogP contribution in [0.3, 0.4) is 0 Å². The Morgan fingerprint density at radius 1 is 1.19 bits per heavy atom. The van der Waals surface area contributed by atoms with E-state index < -0.39 is 0 Å². The number of aromatic amines is 1. The predicted octanol–water partition coefficient (Wildman–Crippen LogP) is 3.71. The molecule has 8 heteroatoms. The Balaban J connectivity index is 1.70. The zero-order valence-corrected chi connectivity index (χ0v) is 17.4. The average Bonchev–Trinajstić information content (AvgIpc) is 3.30. The Morgan fingerprint density at radius 2 is 2.06 bits per heavy atom. The van der Waals surface area contributed by atoms with Crippen LogP contribution >= 0.6 is 0 Å². The van der Waals surface area contributed by atoms with Gasteiger partial charge in [-0.1, -0.05) is 12.0 Å². The first-order valence-electron chi connectivity index (χ1n) is 10.3. The van der Waals surface area contributed by atoms with Crippen molar-refractivity contribution in [3.05, 3.63) is 76.9 Å². The van der Waals surface area contributed by atoms with E-state index in [9.17, 15) is 4.39 Å². The van der Waals surface area contributed by atoms with Crippen LogP contribution in [-0.4, -0.2) is 32.1 Å². The predicted molar refractivity (Wildman–Crippen MR) is 121 cm³/mol. The number of fused-ring (bicyclic) bond motifs is 2. The van der Waals surface area contributed by atoms with Crippen molar-refractivity contribution in [1.82, 2.24) is 19.7 Å². The van der Waals surface area contributed by atoms with Crippen LogP contribution in [0.25, 0.3) is 10.9 Å². The van der Waals surface area contributed by atoms with E-state index in [1.807, 2.05) is 29.2 Å². The number of rotatable bonds is 1. The van der Waals surface area contributed by atoms with E-state index >= 15 is 0 Å². The molecule has 3 N–H and O–H groups in total. The second kappa shape index (κ2) is 7.78. The molecule has 3 heterocycles. The van der Waals surface area contributed by atoms with Crippen molar-refractivity contribution in [1.29, 1.82) is 10.8 Å². The smallest absolute Gasteiger partial charge is 0.230 e. The van der Waals surface area contributed by atoms with Crippen molar-refractivity contribution in [2.24, 2.45) is 0 Å². The van der Waals surface area contributed by atoms with Gasteiger partial charge in [-0.3, -0.25) is 20.5 Å². The highest BCUT2D eigenvalue weighted by Gasteiger charge is 2.24. The number of anilines is 2. The maximum absolute atomic E-state index is 14.2. The summed E-state index contributed by atoms with van der Waals surface area (Å²) < 4.78 is 15.6. The Labute approximate surface area is 183 Å². The monoisotopic (exact) mass is 425 g/mol. The van der Waals surface area contributed by atoms with E-state index in [4.69, 9.17) is 10.8 Å². The van der Waals surface area contributed by atoms with Crippen LogP contribution in [0.5, 0.6) is 0 Å². The SMILES string of the molecule is CC(=N)n1c(=N)nc(N2CCCc3c(C#Cc4ccn[nH]4)cccc32)c2cc(F)ccc21. The lowest BCUT2D eigenvalue weighted by atomic mass is 9.96. The molecule has 5 rings (SSSR count). The summed E-state index contributed by atoms with van der Waals surface area (Å²) in [6, 6.07) is 12.1. The van der Waals surface area contributed by atoms with E-state index in [2.05, 4.69) is 27.0 Å². The molecule has 0 fully saturated rings. The topological polar surface area (TPSA) is 97.4 Å². The van der Waals surface area contributed by atoms with Crippen molar-refractivity contribution in [2.75, 3.05) is 11.4 Å². The molecule has 0 amide bonds. The summed E-state index contributed by atoms with van der Waals surface area (Å²) in [6.45, 7) is 2.28. The Hall–Kier alpha value is -4.25. The molecule has 4 aromatic rings. The summed E-state index contributed by atoms with van der Waals surface area (Å²) in [5.41, 5.74) is 4.24. The molecule has 0 saturated heterocycles. The molecule has 0 unspecified atom stereocenters. The van der Waals surface area contributed by atoms with Crippen LogP contribution in [0, 0.1) is 28.5 Å². The van der Waals surface area contributed by atoms with Gasteiger partial charge in [0.15, 0.2) is 0 Å². The van der Waals surface area contributed by atoms with Crippen LogP contribution < -0.4 is 10.5 Å². The second-order valence-electron chi connectivity index (χ2n) is 7.62. The molecule has 0 atom stereocenters. The van der Waals surface area contributed by atoms with Gasteiger partial charge in [0.05, 0.1) is 5.52 Å². The van der Waals surface area contributed by atoms with Gasteiger partial charge in [0.2, 0.25) is 5.62 Å². The van der Waals surface area contributed by atoms with Gasteiger partial charge in [-0.15, -0.1) is 0 Å². The first-order valence-corrected chi connectivity index (χ1v) is 10.3. The van der Waals surface area contributed by atoms with E-state index in [0.717, 1.165) is 35.3 Å². The number of halogens is 1. The Kier molecular flexibility index (Phi) is 4.79. The normalized spacial score (nSPS) is 12.9. The van der Waals surface area contributed by atoms with Gasteiger partial charge in [-0.2, -0.15) is 10.1 Å². The molecule has 32 heavy (non-hydrogen) atoms. The lowest BCUT2D eigenvalue weighted by Crippen LogP contribution is -2.33. The highest BCUT2D eigenvalue weighted by molar-refractivity contribution is 5.97. The second-order valence-corrected chi connectivity index (χ2v) is 7.62. The first kappa shape index (κ1) is 19.7. The number of benzene rings is 2. The standard InChI is InChI=1S/C24H20FN7/c1-15(26)32-22-10-8-17(25)14-20(22)23(29-24(32)27)31-13-3-5-19-16(4-2-6-21(19)31)7-9-18-11-12-28-30-18/h2,4,6,8,10-12,14,26-27H,3,5,13H2,1H3,(H,28,30). The van der Waals surface area contributed by atoms with Crippen LogP contribution in [0.1, 0.15) is 30.2 Å². The van der Waals surface area contributed by atoms with Crippen LogP contribution in [0.2, 0.25) is 0 Å². The highest BCUT2D eigenvalue weighted by atomic mass is 19.1. The van der Waals surface area contributed by atoms with Gasteiger partial charge in [-0.05, 0) is 67.6 Å². The van der Waals surface area contributed by atoms with Crippen molar-refractivity contribution in [3.63, 3.8) is 0 Å². The molecule has 0 spiro atoms. The van der Waals surface area contributed by atoms with Gasteiger partial charge >= 0.3 is 0 Å². The van der Waals surface area contributed by atoms with Crippen molar-refractivity contribution in [2.45, 2.75) is 19.8 Å². The van der Waals surface area contributed by atoms with E-state index in [-0.39, 0.29) is 17.3 Å². The van der Waals surface area contributed by atoms with E-state index in [1.165, 1.54) is 16.7 Å². The Morgan fingerprint density at radius 3 is 2.84 bits per heavy atom. The molecule has 0 radical (unpaired) electrons. The lowest BCUT2D eigenvalue weighted by Gasteiger charge is -2.32. The summed E-state index contributed by atoms with van der Waals surface area (Å²) in [4.78, 5) is 6.53. The molecule has 158 valence electrons. The number of nitrogens with one attached hydrogen (secondary N) is 3. The molecule has 7 nitrogen and oxygen atoms in total. The highest BCUT2D eigenvalue weighted by Crippen LogP contribution is 2.37. The summed E-state index contributed by atoms with van der Waals surface area (Å²) in [7, 11) is 0. The molecule has 0 saturated carbocycles. The van der Waals surface area contributed by atoms with E-state index in [1.54, 1.807) is 19.2 Å². The summed E-state index contributed by atoms with van der Waals surface area (Å²) >= 11 is 0. The minimum atomic E-state index is -0.385. The van der Waals surface area contributed by atoms with Gasteiger partial charge in [-0.25, -0.2) is 4.39 Å². The number of aromatic nitrogens is 4. The number of hydrogen-bond donors (Lipinski definition) is 3. The average molecular weight is 425 g/mol. The molecule has 0 bridgehead atoms. The van der Waals surface area contributed by atoms with Crippen molar-refractivity contribution in [3.8, 4) is 11.8 Å². The minimum Gasteiger partial charge on any atom is -0.325 e. The summed E-state index contributed by atoms with van der Waals surface area (Å²) in [5, 5.41) is 23.8. The first-order chi connectivity index (χ1) is 15.5. The molecule has 0 aliphatic carbocycles. The molecular formula is C24H20FN7. The number of nitrogens with zero attached hydrogens (tertiary/aromatic N) is 4. The summed E-state index contributed by atoms with van der Waals surface area (Å²) in [6.07, 6.45) is 3.41. The van der Waals surface area contributed by atoms with Crippen molar-refractivity contribution >= 4 is 28.2 Å². The molecule has 1 aliphatic heterocycles. The fourth-order valence-electron chi connectivity index (χ4n) is 4.17. The molecular weight excluding hydrogens is 405 g/mol. The van der Waals surface area contributed by atoms with Crippen LogP contribution in [0.15, 0.2) is 48.7 Å². The minimum absolute atomic E-state index is 0.0612. The third-order valence-electron chi connectivity index (χ3n) is 5.54. The molecule has 2 aromatic heterocycles. The molecule has 2 aromatic carbocycles. The maximum Gasteiger partial charge on any atom is 0.230 e. The third-order valence-corrected chi connectivity index (χ3v) is 5.54. The zero-order valence-electron chi connectivity index (χ0n) is 17.4. The summed E-state index contributed by atoms with van der Waals surface area (Å²) in [5.74, 6) is 6.62. The van der Waals surface area contributed by atoms with Crippen LogP contribution in [0.4, 0.5) is 15.9 Å². The molecule has 1 aliphatic rings. The van der Waals surface area contributed by atoms with Gasteiger partial charge in [0.1, 0.15) is 23.2 Å².